The van der Waals surface area contributed by atoms with E-state index in [1.165, 1.54) is 30.2 Å². The van der Waals surface area contributed by atoms with Gasteiger partial charge in [-0.2, -0.15) is 5.10 Å². The van der Waals surface area contributed by atoms with Gasteiger partial charge >= 0.3 is 0 Å². The van der Waals surface area contributed by atoms with Gasteiger partial charge in [0, 0.05) is 11.9 Å². The molecule has 0 spiro atoms. The summed E-state index contributed by atoms with van der Waals surface area (Å²) in [6.07, 6.45) is 5.51. The van der Waals surface area contributed by atoms with Crippen LogP contribution in [-0.2, 0) is 0 Å². The SMILES string of the molecule is CCCNCC(CCC)n1ncc2ccccc21. The Bertz CT molecular complexity index is 475. The first-order valence-electron chi connectivity index (χ1n) is 6.99. The zero-order valence-corrected chi connectivity index (χ0v) is 11.4. The van der Waals surface area contributed by atoms with Crippen LogP contribution in [-0.4, -0.2) is 22.9 Å². The number of benzene rings is 1. The van der Waals surface area contributed by atoms with Crippen LogP contribution >= 0.6 is 0 Å². The lowest BCUT2D eigenvalue weighted by atomic mass is 10.1. The fourth-order valence-electron chi connectivity index (χ4n) is 2.37. The van der Waals surface area contributed by atoms with E-state index in [1.54, 1.807) is 0 Å². The van der Waals surface area contributed by atoms with Crippen LogP contribution in [0.2, 0.25) is 0 Å². The second-order valence-corrected chi connectivity index (χ2v) is 4.79. The highest BCUT2D eigenvalue weighted by atomic mass is 15.3. The molecule has 1 unspecified atom stereocenters. The summed E-state index contributed by atoms with van der Waals surface area (Å²) in [7, 11) is 0. The summed E-state index contributed by atoms with van der Waals surface area (Å²) in [6.45, 7) is 6.52. The first-order valence-corrected chi connectivity index (χ1v) is 6.99. The molecule has 1 aromatic heterocycles. The Hall–Kier alpha value is -1.35. The molecule has 1 heterocycles. The predicted octanol–water partition coefficient (Wildman–Crippen LogP) is 3.38. The van der Waals surface area contributed by atoms with Crippen LogP contribution in [0.1, 0.15) is 39.2 Å². The lowest BCUT2D eigenvalue weighted by Gasteiger charge is -2.18. The topological polar surface area (TPSA) is 29.9 Å². The Kier molecular flexibility index (Phi) is 4.76. The Morgan fingerprint density at radius 2 is 2.06 bits per heavy atom. The Balaban J connectivity index is 2.18. The molecule has 1 aromatic carbocycles. The molecule has 2 rings (SSSR count). The van der Waals surface area contributed by atoms with Crippen molar-refractivity contribution >= 4 is 10.9 Å². The van der Waals surface area contributed by atoms with Gasteiger partial charge in [0.05, 0.1) is 17.8 Å². The van der Waals surface area contributed by atoms with Gasteiger partial charge < -0.3 is 5.32 Å². The average molecular weight is 245 g/mol. The molecule has 1 atom stereocenters. The van der Waals surface area contributed by atoms with Crippen LogP contribution in [0.25, 0.3) is 10.9 Å². The van der Waals surface area contributed by atoms with Crippen LogP contribution in [0.15, 0.2) is 30.5 Å². The standard InChI is InChI=1S/C15H23N3/c1-3-7-14(12-16-10-4-2)18-15-9-6-5-8-13(15)11-17-18/h5-6,8-9,11,14,16H,3-4,7,10,12H2,1-2H3. The molecule has 0 aliphatic carbocycles. The van der Waals surface area contributed by atoms with Crippen molar-refractivity contribution in [1.82, 2.24) is 15.1 Å². The lowest BCUT2D eigenvalue weighted by Crippen LogP contribution is -2.26. The first-order chi connectivity index (χ1) is 8.86. The molecule has 0 bridgehead atoms. The number of nitrogens with zero attached hydrogens (tertiary/aromatic N) is 2. The van der Waals surface area contributed by atoms with E-state index in [4.69, 9.17) is 0 Å². The molecule has 3 heteroatoms. The van der Waals surface area contributed by atoms with Gasteiger partial charge in [-0.3, -0.25) is 4.68 Å². The maximum absolute atomic E-state index is 4.57. The minimum Gasteiger partial charge on any atom is -0.315 e. The van der Waals surface area contributed by atoms with Gasteiger partial charge in [0.25, 0.3) is 0 Å². The fourth-order valence-corrected chi connectivity index (χ4v) is 2.37. The molecular formula is C15H23N3. The van der Waals surface area contributed by atoms with Crippen molar-refractivity contribution in [3.8, 4) is 0 Å². The monoisotopic (exact) mass is 245 g/mol. The van der Waals surface area contributed by atoms with E-state index >= 15 is 0 Å². The summed E-state index contributed by atoms with van der Waals surface area (Å²) >= 11 is 0. The van der Waals surface area contributed by atoms with E-state index in [0.29, 0.717) is 6.04 Å². The molecule has 18 heavy (non-hydrogen) atoms. The molecule has 98 valence electrons. The van der Waals surface area contributed by atoms with Crippen molar-refractivity contribution in [2.45, 2.75) is 39.2 Å². The van der Waals surface area contributed by atoms with Gasteiger partial charge in [-0.25, -0.2) is 0 Å². The summed E-state index contributed by atoms with van der Waals surface area (Å²) in [5, 5.41) is 9.31. The Labute approximate surface area is 109 Å². The number of hydrogen-bond acceptors (Lipinski definition) is 2. The van der Waals surface area contributed by atoms with E-state index in [0.717, 1.165) is 13.1 Å². The third-order valence-corrected chi connectivity index (χ3v) is 3.28. The molecule has 0 saturated heterocycles. The highest BCUT2D eigenvalue weighted by Crippen LogP contribution is 2.20. The second-order valence-electron chi connectivity index (χ2n) is 4.79. The molecule has 0 fully saturated rings. The number of rotatable bonds is 7. The molecule has 2 aromatic rings. The third-order valence-electron chi connectivity index (χ3n) is 3.28. The van der Waals surface area contributed by atoms with Crippen LogP contribution in [0.5, 0.6) is 0 Å². The molecular weight excluding hydrogens is 222 g/mol. The fraction of sp³-hybridized carbons (Fsp3) is 0.533. The van der Waals surface area contributed by atoms with Gasteiger partial charge in [-0.15, -0.1) is 0 Å². The summed E-state index contributed by atoms with van der Waals surface area (Å²) in [6, 6.07) is 8.90. The molecule has 0 saturated carbocycles. The Morgan fingerprint density at radius 3 is 2.83 bits per heavy atom. The van der Waals surface area contributed by atoms with Crippen molar-refractivity contribution in [2.24, 2.45) is 0 Å². The van der Waals surface area contributed by atoms with Crippen LogP contribution in [0, 0.1) is 0 Å². The number of para-hydroxylation sites is 1. The van der Waals surface area contributed by atoms with Crippen molar-refractivity contribution < 1.29 is 0 Å². The number of hydrogen-bond donors (Lipinski definition) is 1. The van der Waals surface area contributed by atoms with Crippen molar-refractivity contribution in [2.75, 3.05) is 13.1 Å². The van der Waals surface area contributed by atoms with E-state index in [9.17, 15) is 0 Å². The predicted molar refractivity (Wildman–Crippen MR) is 76.8 cm³/mol. The van der Waals surface area contributed by atoms with Gasteiger partial charge in [0.1, 0.15) is 0 Å². The average Bonchev–Trinajstić information content (AvgIpc) is 2.82. The highest BCUT2D eigenvalue weighted by Gasteiger charge is 2.13. The van der Waals surface area contributed by atoms with Gasteiger partial charge in [-0.1, -0.05) is 38.5 Å². The van der Waals surface area contributed by atoms with Gasteiger partial charge in [0.15, 0.2) is 0 Å². The largest absolute Gasteiger partial charge is 0.315 e. The van der Waals surface area contributed by atoms with E-state index < -0.39 is 0 Å². The van der Waals surface area contributed by atoms with Crippen LogP contribution in [0.4, 0.5) is 0 Å². The minimum absolute atomic E-state index is 0.460. The van der Waals surface area contributed by atoms with E-state index in [1.807, 2.05) is 6.20 Å². The van der Waals surface area contributed by atoms with Crippen LogP contribution in [0.3, 0.4) is 0 Å². The van der Waals surface area contributed by atoms with Crippen molar-refractivity contribution in [1.29, 1.82) is 0 Å². The summed E-state index contributed by atoms with van der Waals surface area (Å²) < 4.78 is 2.18. The van der Waals surface area contributed by atoms with Crippen molar-refractivity contribution in [3.05, 3.63) is 30.5 Å². The van der Waals surface area contributed by atoms with E-state index in [-0.39, 0.29) is 0 Å². The summed E-state index contributed by atoms with van der Waals surface area (Å²) in [5.41, 5.74) is 1.24. The molecule has 3 nitrogen and oxygen atoms in total. The lowest BCUT2D eigenvalue weighted by molar-refractivity contribution is 0.406. The minimum atomic E-state index is 0.460. The molecule has 0 radical (unpaired) electrons. The first kappa shape index (κ1) is 13.1. The normalized spacial score (nSPS) is 13.0. The second kappa shape index (κ2) is 6.55. The van der Waals surface area contributed by atoms with Gasteiger partial charge in [-0.05, 0) is 25.5 Å². The molecule has 1 N–H and O–H groups in total. The number of aromatic nitrogens is 2. The quantitative estimate of drug-likeness (QED) is 0.758. The van der Waals surface area contributed by atoms with Gasteiger partial charge in [0.2, 0.25) is 0 Å². The van der Waals surface area contributed by atoms with Crippen molar-refractivity contribution in [3.63, 3.8) is 0 Å². The summed E-state index contributed by atoms with van der Waals surface area (Å²) in [4.78, 5) is 0. The third kappa shape index (κ3) is 2.91. The smallest absolute Gasteiger partial charge is 0.0686 e. The van der Waals surface area contributed by atoms with E-state index in [2.05, 4.69) is 53.2 Å². The molecule has 0 aliphatic rings. The zero-order valence-electron chi connectivity index (χ0n) is 11.4. The summed E-state index contributed by atoms with van der Waals surface area (Å²) in [5.74, 6) is 0. The highest BCUT2D eigenvalue weighted by molar-refractivity contribution is 5.78. The number of nitrogens with one attached hydrogen (secondary N) is 1. The maximum atomic E-state index is 4.57. The molecule has 0 aliphatic heterocycles. The maximum Gasteiger partial charge on any atom is 0.0686 e. The zero-order chi connectivity index (χ0) is 12.8. The molecule has 0 amide bonds. The van der Waals surface area contributed by atoms with Crippen LogP contribution < -0.4 is 5.32 Å². The number of fused-ring (bicyclic) bond motifs is 1. The Morgan fingerprint density at radius 1 is 1.22 bits per heavy atom.